The number of hydrogen-bond acceptors (Lipinski definition) is 3. The van der Waals surface area contributed by atoms with Gasteiger partial charge in [0.2, 0.25) is 5.91 Å². The molecular weight excluding hydrogens is 401 g/mol. The van der Waals surface area contributed by atoms with Crippen LogP contribution < -0.4 is 0 Å². The number of benzene rings is 2. The van der Waals surface area contributed by atoms with Crippen LogP contribution in [0.3, 0.4) is 0 Å². The molecule has 0 aromatic heterocycles. The van der Waals surface area contributed by atoms with Crippen LogP contribution in [0.2, 0.25) is 0 Å². The molecule has 0 bridgehead atoms. The SMILES string of the molecule is CSc1ccc(C(=O)N2CCC(=O)N(Cc3ccccc3C(F)(F)F)CC2)cc1. The molecule has 0 saturated carbocycles. The predicted molar refractivity (Wildman–Crippen MR) is 106 cm³/mol. The second-order valence-electron chi connectivity index (χ2n) is 6.74. The molecule has 0 atom stereocenters. The van der Waals surface area contributed by atoms with Crippen molar-refractivity contribution in [2.24, 2.45) is 0 Å². The Morgan fingerprint density at radius 3 is 2.38 bits per heavy atom. The highest BCUT2D eigenvalue weighted by atomic mass is 32.2. The minimum atomic E-state index is -4.48. The van der Waals surface area contributed by atoms with Gasteiger partial charge >= 0.3 is 6.18 Å². The van der Waals surface area contributed by atoms with Gasteiger partial charge in [-0.05, 0) is 42.2 Å². The van der Waals surface area contributed by atoms with Crippen molar-refractivity contribution in [1.29, 1.82) is 0 Å². The number of alkyl halides is 3. The van der Waals surface area contributed by atoms with E-state index >= 15 is 0 Å². The third-order valence-electron chi connectivity index (χ3n) is 4.90. The molecule has 2 aromatic carbocycles. The van der Waals surface area contributed by atoms with E-state index < -0.39 is 11.7 Å². The van der Waals surface area contributed by atoms with Crippen LogP contribution >= 0.6 is 11.8 Å². The molecule has 29 heavy (non-hydrogen) atoms. The molecule has 1 saturated heterocycles. The summed E-state index contributed by atoms with van der Waals surface area (Å²) in [5.41, 5.74) is -0.147. The van der Waals surface area contributed by atoms with Gasteiger partial charge in [0, 0.05) is 43.1 Å². The van der Waals surface area contributed by atoms with E-state index in [1.165, 1.54) is 23.1 Å². The van der Waals surface area contributed by atoms with Gasteiger partial charge in [0.1, 0.15) is 0 Å². The molecule has 8 heteroatoms. The number of rotatable bonds is 4. The molecule has 1 fully saturated rings. The van der Waals surface area contributed by atoms with Gasteiger partial charge in [0.15, 0.2) is 0 Å². The normalized spacial score (nSPS) is 15.4. The van der Waals surface area contributed by atoms with E-state index in [0.717, 1.165) is 11.0 Å². The molecule has 1 heterocycles. The minimum Gasteiger partial charge on any atom is -0.337 e. The molecule has 1 aliphatic rings. The van der Waals surface area contributed by atoms with Crippen molar-refractivity contribution < 1.29 is 22.8 Å². The highest BCUT2D eigenvalue weighted by Crippen LogP contribution is 2.32. The molecule has 0 radical (unpaired) electrons. The van der Waals surface area contributed by atoms with Gasteiger partial charge in [0.25, 0.3) is 5.91 Å². The minimum absolute atomic E-state index is 0.0563. The first kappa shape index (κ1) is 21.2. The van der Waals surface area contributed by atoms with Crippen LogP contribution in [0, 0.1) is 0 Å². The topological polar surface area (TPSA) is 40.6 Å². The van der Waals surface area contributed by atoms with Crippen molar-refractivity contribution in [1.82, 2.24) is 9.80 Å². The van der Waals surface area contributed by atoms with E-state index in [2.05, 4.69) is 0 Å². The maximum Gasteiger partial charge on any atom is 0.416 e. The average Bonchev–Trinajstić information content (AvgIpc) is 2.89. The van der Waals surface area contributed by atoms with Gasteiger partial charge in [-0.15, -0.1) is 11.8 Å². The fraction of sp³-hybridized carbons (Fsp3) is 0.333. The maximum atomic E-state index is 13.2. The lowest BCUT2D eigenvalue weighted by Crippen LogP contribution is -2.36. The lowest BCUT2D eigenvalue weighted by Gasteiger charge is -2.24. The van der Waals surface area contributed by atoms with Crippen molar-refractivity contribution in [3.05, 3.63) is 65.2 Å². The molecule has 0 spiro atoms. The summed E-state index contributed by atoms with van der Waals surface area (Å²) in [6.45, 7) is 0.598. The summed E-state index contributed by atoms with van der Waals surface area (Å²) in [6.07, 6.45) is -2.44. The van der Waals surface area contributed by atoms with Gasteiger partial charge in [-0.3, -0.25) is 9.59 Å². The summed E-state index contributed by atoms with van der Waals surface area (Å²) in [4.78, 5) is 29.2. The molecule has 2 amide bonds. The first-order valence-corrected chi connectivity index (χ1v) is 10.4. The third kappa shape index (κ3) is 5.12. The lowest BCUT2D eigenvalue weighted by molar-refractivity contribution is -0.139. The van der Waals surface area contributed by atoms with Gasteiger partial charge < -0.3 is 9.80 Å². The van der Waals surface area contributed by atoms with Crippen LogP contribution in [0.4, 0.5) is 13.2 Å². The Morgan fingerprint density at radius 1 is 1.03 bits per heavy atom. The van der Waals surface area contributed by atoms with Crippen LogP contribution in [0.1, 0.15) is 27.9 Å². The van der Waals surface area contributed by atoms with Gasteiger partial charge in [-0.2, -0.15) is 13.2 Å². The Balaban J connectivity index is 1.71. The van der Waals surface area contributed by atoms with Crippen LogP contribution in [0.25, 0.3) is 0 Å². The number of carbonyl (C=O) groups is 2. The Hall–Kier alpha value is -2.48. The number of carbonyl (C=O) groups excluding carboxylic acids is 2. The molecule has 154 valence electrons. The van der Waals surface area contributed by atoms with Crippen molar-refractivity contribution in [2.45, 2.75) is 24.0 Å². The first-order chi connectivity index (χ1) is 13.8. The summed E-state index contributed by atoms with van der Waals surface area (Å²) in [7, 11) is 0. The van der Waals surface area contributed by atoms with Crippen LogP contribution in [-0.4, -0.2) is 47.5 Å². The molecule has 4 nitrogen and oxygen atoms in total. The van der Waals surface area contributed by atoms with Crippen LogP contribution in [0.5, 0.6) is 0 Å². The van der Waals surface area contributed by atoms with E-state index in [4.69, 9.17) is 0 Å². The van der Waals surface area contributed by atoms with E-state index in [-0.39, 0.29) is 50.0 Å². The molecule has 0 aliphatic carbocycles. The van der Waals surface area contributed by atoms with E-state index in [0.29, 0.717) is 5.56 Å². The maximum absolute atomic E-state index is 13.2. The zero-order valence-corrected chi connectivity index (χ0v) is 16.7. The van der Waals surface area contributed by atoms with Gasteiger partial charge in [-0.25, -0.2) is 0 Å². The number of hydrogen-bond donors (Lipinski definition) is 0. The van der Waals surface area contributed by atoms with Crippen LogP contribution in [-0.2, 0) is 17.5 Å². The van der Waals surface area contributed by atoms with E-state index in [1.807, 2.05) is 18.4 Å². The van der Waals surface area contributed by atoms with Gasteiger partial charge in [-0.1, -0.05) is 18.2 Å². The Labute approximate surface area is 171 Å². The summed E-state index contributed by atoms with van der Waals surface area (Å²) in [5, 5.41) is 0. The molecule has 3 rings (SSSR count). The largest absolute Gasteiger partial charge is 0.416 e. The zero-order chi connectivity index (χ0) is 21.0. The zero-order valence-electron chi connectivity index (χ0n) is 15.9. The second-order valence-corrected chi connectivity index (χ2v) is 7.62. The summed E-state index contributed by atoms with van der Waals surface area (Å²) < 4.78 is 39.7. The van der Waals surface area contributed by atoms with E-state index in [9.17, 15) is 22.8 Å². The van der Waals surface area contributed by atoms with Crippen molar-refractivity contribution in [2.75, 3.05) is 25.9 Å². The highest BCUT2D eigenvalue weighted by Gasteiger charge is 2.34. The summed E-state index contributed by atoms with van der Waals surface area (Å²) in [6, 6.07) is 12.5. The Kier molecular flexibility index (Phi) is 6.52. The quantitative estimate of drug-likeness (QED) is 0.690. The smallest absolute Gasteiger partial charge is 0.337 e. The monoisotopic (exact) mass is 422 g/mol. The first-order valence-electron chi connectivity index (χ1n) is 9.16. The Morgan fingerprint density at radius 2 is 1.72 bits per heavy atom. The third-order valence-corrected chi connectivity index (χ3v) is 5.64. The lowest BCUT2D eigenvalue weighted by atomic mass is 10.1. The van der Waals surface area contributed by atoms with Gasteiger partial charge in [0.05, 0.1) is 5.56 Å². The van der Waals surface area contributed by atoms with Crippen molar-refractivity contribution in [3.8, 4) is 0 Å². The number of halogens is 3. The Bertz CT molecular complexity index is 884. The standard InChI is InChI=1S/C21H21F3N2O2S/c1-29-17-8-6-15(7-9-17)20(28)25-11-10-19(27)26(13-12-25)14-16-4-2-3-5-18(16)21(22,23)24/h2-9H,10-14H2,1H3. The fourth-order valence-electron chi connectivity index (χ4n) is 3.29. The second kappa shape index (κ2) is 8.90. The average molecular weight is 422 g/mol. The van der Waals surface area contributed by atoms with Crippen molar-refractivity contribution in [3.63, 3.8) is 0 Å². The fourth-order valence-corrected chi connectivity index (χ4v) is 3.70. The molecular formula is C21H21F3N2O2S. The summed E-state index contributed by atoms with van der Waals surface area (Å²) >= 11 is 1.58. The van der Waals surface area contributed by atoms with E-state index in [1.54, 1.807) is 28.8 Å². The van der Waals surface area contributed by atoms with Crippen molar-refractivity contribution >= 4 is 23.6 Å². The molecule has 0 N–H and O–H groups in total. The number of thioether (sulfide) groups is 1. The molecule has 2 aromatic rings. The summed E-state index contributed by atoms with van der Waals surface area (Å²) in [5.74, 6) is -0.432. The predicted octanol–water partition coefficient (Wildman–Crippen LogP) is 4.30. The number of amides is 2. The molecule has 1 aliphatic heterocycles. The van der Waals surface area contributed by atoms with Crippen LogP contribution in [0.15, 0.2) is 53.4 Å². The highest BCUT2D eigenvalue weighted by molar-refractivity contribution is 7.98. The number of nitrogens with zero attached hydrogens (tertiary/aromatic N) is 2. The molecule has 0 unspecified atom stereocenters.